The van der Waals surface area contributed by atoms with Crippen molar-refractivity contribution in [2.24, 2.45) is 5.10 Å². The van der Waals surface area contributed by atoms with Crippen molar-refractivity contribution in [3.8, 4) is 5.75 Å². The van der Waals surface area contributed by atoms with Gasteiger partial charge in [0.1, 0.15) is 17.2 Å². The fraction of sp³-hybridized carbons (Fsp3) is 0.250. The quantitative estimate of drug-likeness (QED) is 0.656. The zero-order chi connectivity index (χ0) is 15.1. The molecular weight excluding hydrogens is 268 g/mol. The highest BCUT2D eigenvalue weighted by Gasteiger charge is 2.04. The summed E-state index contributed by atoms with van der Waals surface area (Å²) in [5.74, 6) is 0.959. The second-order valence-corrected chi connectivity index (χ2v) is 4.50. The SMILES string of the molecule is CCc1ccc(OCC(=O)NN=C(C)c2ccco2)cc1. The van der Waals surface area contributed by atoms with Crippen LogP contribution in [0.2, 0.25) is 0 Å². The Morgan fingerprint density at radius 1 is 1.29 bits per heavy atom. The summed E-state index contributed by atoms with van der Waals surface area (Å²) >= 11 is 0. The van der Waals surface area contributed by atoms with Crippen molar-refractivity contribution in [1.82, 2.24) is 5.43 Å². The molecule has 1 aromatic carbocycles. The first-order valence-electron chi connectivity index (χ1n) is 6.77. The molecule has 0 atom stereocenters. The van der Waals surface area contributed by atoms with Crippen LogP contribution in [0.1, 0.15) is 25.2 Å². The van der Waals surface area contributed by atoms with E-state index >= 15 is 0 Å². The summed E-state index contributed by atoms with van der Waals surface area (Å²) in [7, 11) is 0. The molecule has 0 saturated carbocycles. The third-order valence-corrected chi connectivity index (χ3v) is 2.93. The molecule has 0 spiro atoms. The van der Waals surface area contributed by atoms with E-state index in [4.69, 9.17) is 9.15 Å². The zero-order valence-electron chi connectivity index (χ0n) is 12.1. The summed E-state index contributed by atoms with van der Waals surface area (Å²) in [6.45, 7) is 3.76. The molecule has 0 saturated heterocycles. The second kappa shape index (κ2) is 7.28. The third kappa shape index (κ3) is 4.49. The minimum atomic E-state index is -0.319. The van der Waals surface area contributed by atoms with Gasteiger partial charge in [-0.1, -0.05) is 19.1 Å². The minimum absolute atomic E-state index is 0.0829. The Bertz CT molecular complexity index is 601. The van der Waals surface area contributed by atoms with Gasteiger partial charge in [0.15, 0.2) is 6.61 Å². The van der Waals surface area contributed by atoms with Crippen molar-refractivity contribution in [3.63, 3.8) is 0 Å². The van der Waals surface area contributed by atoms with Gasteiger partial charge in [0, 0.05) is 0 Å². The molecule has 1 heterocycles. The normalized spacial score (nSPS) is 11.2. The topological polar surface area (TPSA) is 63.8 Å². The standard InChI is InChI=1S/C16H18N2O3/c1-3-13-6-8-14(9-7-13)21-11-16(19)18-17-12(2)15-5-4-10-20-15/h4-10H,3,11H2,1-2H3,(H,18,19). The molecular formula is C16H18N2O3. The van der Waals surface area contributed by atoms with E-state index < -0.39 is 0 Å². The summed E-state index contributed by atoms with van der Waals surface area (Å²) in [5.41, 5.74) is 4.25. The number of hydrazone groups is 1. The van der Waals surface area contributed by atoms with Crippen LogP contribution in [-0.2, 0) is 11.2 Å². The summed E-state index contributed by atoms with van der Waals surface area (Å²) in [6.07, 6.45) is 2.53. The lowest BCUT2D eigenvalue weighted by atomic mass is 10.2. The molecule has 0 radical (unpaired) electrons. The number of carbonyl (C=O) groups is 1. The molecule has 5 nitrogen and oxygen atoms in total. The maximum absolute atomic E-state index is 11.6. The van der Waals surface area contributed by atoms with Gasteiger partial charge >= 0.3 is 0 Å². The Morgan fingerprint density at radius 2 is 2.05 bits per heavy atom. The van der Waals surface area contributed by atoms with Crippen LogP contribution in [0.5, 0.6) is 5.75 Å². The minimum Gasteiger partial charge on any atom is -0.484 e. The number of rotatable bonds is 6. The van der Waals surface area contributed by atoms with Crippen molar-refractivity contribution in [2.45, 2.75) is 20.3 Å². The van der Waals surface area contributed by atoms with E-state index in [-0.39, 0.29) is 12.5 Å². The predicted octanol–water partition coefficient (Wildman–Crippen LogP) is 2.76. The molecule has 0 bridgehead atoms. The Balaban J connectivity index is 1.80. The third-order valence-electron chi connectivity index (χ3n) is 2.93. The molecule has 0 aliphatic rings. The first-order valence-corrected chi connectivity index (χ1v) is 6.77. The Hall–Kier alpha value is -2.56. The van der Waals surface area contributed by atoms with E-state index in [0.717, 1.165) is 6.42 Å². The molecule has 2 aromatic rings. The zero-order valence-corrected chi connectivity index (χ0v) is 12.1. The van der Waals surface area contributed by atoms with Gasteiger partial charge in [0.2, 0.25) is 0 Å². The maximum Gasteiger partial charge on any atom is 0.277 e. The molecule has 5 heteroatoms. The molecule has 21 heavy (non-hydrogen) atoms. The fourth-order valence-corrected chi connectivity index (χ4v) is 1.69. The van der Waals surface area contributed by atoms with Gasteiger partial charge in [-0.25, -0.2) is 5.43 Å². The highest BCUT2D eigenvalue weighted by Crippen LogP contribution is 2.12. The lowest BCUT2D eigenvalue weighted by Gasteiger charge is -2.06. The summed E-state index contributed by atoms with van der Waals surface area (Å²) < 4.78 is 10.6. The van der Waals surface area contributed by atoms with Crippen LogP contribution in [0, 0.1) is 0 Å². The number of ether oxygens (including phenoxy) is 1. The molecule has 0 aliphatic heterocycles. The molecule has 1 N–H and O–H groups in total. The van der Waals surface area contributed by atoms with Crippen molar-refractivity contribution in [2.75, 3.05) is 6.61 Å². The number of benzene rings is 1. The van der Waals surface area contributed by atoms with Gasteiger partial charge in [-0.15, -0.1) is 0 Å². The first-order chi connectivity index (χ1) is 10.2. The van der Waals surface area contributed by atoms with E-state index in [1.54, 1.807) is 25.3 Å². The smallest absolute Gasteiger partial charge is 0.277 e. The largest absolute Gasteiger partial charge is 0.484 e. The molecule has 0 unspecified atom stereocenters. The summed E-state index contributed by atoms with van der Waals surface area (Å²) in [6, 6.07) is 11.2. The number of aryl methyl sites for hydroxylation is 1. The Kier molecular flexibility index (Phi) is 5.15. The van der Waals surface area contributed by atoms with Gasteiger partial charge in [-0.3, -0.25) is 4.79 Å². The van der Waals surface area contributed by atoms with Gasteiger partial charge < -0.3 is 9.15 Å². The molecule has 0 fully saturated rings. The summed E-state index contributed by atoms with van der Waals surface area (Å²) in [4.78, 5) is 11.6. The fourth-order valence-electron chi connectivity index (χ4n) is 1.69. The van der Waals surface area contributed by atoms with Gasteiger partial charge in [-0.05, 0) is 43.2 Å². The number of amides is 1. The highest BCUT2D eigenvalue weighted by molar-refractivity contribution is 5.96. The lowest BCUT2D eigenvalue weighted by molar-refractivity contribution is -0.123. The van der Waals surface area contributed by atoms with Crippen LogP contribution in [0.3, 0.4) is 0 Å². The molecule has 1 aromatic heterocycles. The number of furan rings is 1. The number of nitrogens with zero attached hydrogens (tertiary/aromatic N) is 1. The van der Waals surface area contributed by atoms with E-state index in [9.17, 15) is 4.79 Å². The van der Waals surface area contributed by atoms with Crippen molar-refractivity contribution >= 4 is 11.6 Å². The van der Waals surface area contributed by atoms with Crippen LogP contribution in [0.4, 0.5) is 0 Å². The molecule has 0 aliphatic carbocycles. The van der Waals surface area contributed by atoms with E-state index in [1.165, 1.54) is 5.56 Å². The first kappa shape index (κ1) is 14.8. The molecule has 110 valence electrons. The van der Waals surface area contributed by atoms with Crippen LogP contribution in [0.25, 0.3) is 0 Å². The second-order valence-electron chi connectivity index (χ2n) is 4.50. The van der Waals surface area contributed by atoms with Gasteiger partial charge in [0.05, 0.1) is 6.26 Å². The Labute approximate surface area is 123 Å². The average Bonchev–Trinajstić information content (AvgIpc) is 3.05. The lowest BCUT2D eigenvalue weighted by Crippen LogP contribution is -2.25. The van der Waals surface area contributed by atoms with Crippen LogP contribution in [0.15, 0.2) is 52.2 Å². The van der Waals surface area contributed by atoms with E-state index in [1.807, 2.05) is 24.3 Å². The maximum atomic E-state index is 11.6. The average molecular weight is 286 g/mol. The monoisotopic (exact) mass is 286 g/mol. The number of hydrogen-bond acceptors (Lipinski definition) is 4. The number of hydrogen-bond donors (Lipinski definition) is 1. The van der Waals surface area contributed by atoms with E-state index in [2.05, 4.69) is 17.5 Å². The van der Waals surface area contributed by atoms with E-state index in [0.29, 0.717) is 17.2 Å². The van der Waals surface area contributed by atoms with Crippen molar-refractivity contribution < 1.29 is 13.9 Å². The van der Waals surface area contributed by atoms with Gasteiger partial charge in [-0.2, -0.15) is 5.10 Å². The predicted molar refractivity (Wildman–Crippen MR) is 80.4 cm³/mol. The highest BCUT2D eigenvalue weighted by atomic mass is 16.5. The van der Waals surface area contributed by atoms with Crippen molar-refractivity contribution in [1.29, 1.82) is 0 Å². The molecule has 1 amide bonds. The van der Waals surface area contributed by atoms with Gasteiger partial charge in [0.25, 0.3) is 5.91 Å². The number of carbonyl (C=O) groups excluding carboxylic acids is 1. The summed E-state index contributed by atoms with van der Waals surface area (Å²) in [5, 5.41) is 3.95. The van der Waals surface area contributed by atoms with Crippen LogP contribution >= 0.6 is 0 Å². The Morgan fingerprint density at radius 3 is 2.67 bits per heavy atom. The van der Waals surface area contributed by atoms with Crippen LogP contribution in [-0.4, -0.2) is 18.2 Å². The van der Waals surface area contributed by atoms with Crippen LogP contribution < -0.4 is 10.2 Å². The molecule has 2 rings (SSSR count). The van der Waals surface area contributed by atoms with Crippen molar-refractivity contribution in [3.05, 3.63) is 54.0 Å². The number of nitrogens with one attached hydrogen (secondary N) is 1.